The molecule has 3 N–H and O–H groups in total. The summed E-state index contributed by atoms with van der Waals surface area (Å²) in [6.45, 7) is 0.209. The second-order valence-electron chi connectivity index (χ2n) is 8.33. The lowest BCUT2D eigenvalue weighted by Gasteiger charge is -2.29. The maximum Gasteiger partial charge on any atom is 0.322 e. The number of nitrogens with one attached hydrogen (secondary N) is 3. The number of hydrogen-bond acceptors (Lipinski definition) is 6. The van der Waals surface area contributed by atoms with Crippen LogP contribution in [0.3, 0.4) is 0 Å². The molecule has 4 aromatic rings. The lowest BCUT2D eigenvalue weighted by Crippen LogP contribution is -2.52. The number of furan rings is 1. The van der Waals surface area contributed by atoms with E-state index in [-0.39, 0.29) is 18.2 Å². The smallest absolute Gasteiger partial charge is 0.322 e. The summed E-state index contributed by atoms with van der Waals surface area (Å²) in [5, 5.41) is 12.6. The molecule has 0 saturated carbocycles. The summed E-state index contributed by atoms with van der Waals surface area (Å²) in [6, 6.07) is 13.8. The third kappa shape index (κ3) is 2.95. The molecule has 34 heavy (non-hydrogen) atoms. The highest BCUT2D eigenvalue weighted by Crippen LogP contribution is 2.36. The van der Waals surface area contributed by atoms with E-state index in [2.05, 4.69) is 20.8 Å². The van der Waals surface area contributed by atoms with Crippen LogP contribution in [0.15, 0.2) is 59.1 Å². The van der Waals surface area contributed by atoms with Crippen LogP contribution in [0.1, 0.15) is 21.7 Å². The molecule has 4 amide bonds. The standard InChI is InChI=1S/C24H19N5O5/c1-33-16-4-2-14-11-29(21(30)17(14)10-16)12-24(22(31)26-23(32)27-24)20-9-15-8-13(3-5-19(15)34-20)18-6-7-25-28-18/h2-10H,11-12H2,1H3,(H,25,28)(H2,26,27,31,32)/t24-/m0/s1. The Morgan fingerprint density at radius 1 is 1.12 bits per heavy atom. The minimum absolute atomic E-state index is 0.0897. The number of ether oxygens (including phenoxy) is 1. The minimum atomic E-state index is -1.56. The van der Waals surface area contributed by atoms with Crippen LogP contribution in [0.4, 0.5) is 4.79 Å². The van der Waals surface area contributed by atoms with Crippen molar-refractivity contribution in [1.29, 1.82) is 0 Å². The van der Waals surface area contributed by atoms with Crippen molar-refractivity contribution in [3.05, 3.63) is 71.6 Å². The van der Waals surface area contributed by atoms with Gasteiger partial charge in [0, 0.05) is 29.3 Å². The molecule has 1 atom stereocenters. The summed E-state index contributed by atoms with van der Waals surface area (Å²) in [5.41, 5.74) is 2.04. The van der Waals surface area contributed by atoms with E-state index in [1.165, 1.54) is 12.0 Å². The van der Waals surface area contributed by atoms with Crippen molar-refractivity contribution in [2.75, 3.05) is 13.7 Å². The highest BCUT2D eigenvalue weighted by Gasteiger charge is 2.53. The van der Waals surface area contributed by atoms with Crippen molar-refractivity contribution in [3.8, 4) is 17.0 Å². The van der Waals surface area contributed by atoms with Gasteiger partial charge in [0.05, 0.1) is 19.3 Å². The predicted octanol–water partition coefficient (Wildman–Crippen LogP) is 2.52. The van der Waals surface area contributed by atoms with Crippen LogP contribution >= 0.6 is 0 Å². The zero-order valence-electron chi connectivity index (χ0n) is 18.0. The molecule has 0 bridgehead atoms. The molecule has 2 aliphatic rings. The molecule has 4 heterocycles. The fraction of sp³-hybridized carbons (Fsp3) is 0.167. The van der Waals surface area contributed by atoms with E-state index in [9.17, 15) is 14.4 Å². The minimum Gasteiger partial charge on any atom is -0.497 e. The van der Waals surface area contributed by atoms with Crippen molar-refractivity contribution < 1.29 is 23.5 Å². The fourth-order valence-corrected chi connectivity index (χ4v) is 4.57. The van der Waals surface area contributed by atoms with Gasteiger partial charge < -0.3 is 19.4 Å². The second-order valence-corrected chi connectivity index (χ2v) is 8.33. The largest absolute Gasteiger partial charge is 0.497 e. The first-order chi connectivity index (χ1) is 16.5. The average molecular weight is 457 g/mol. The molecule has 2 aromatic carbocycles. The molecule has 170 valence electrons. The molecule has 0 aliphatic carbocycles. The van der Waals surface area contributed by atoms with Gasteiger partial charge in [0.25, 0.3) is 11.8 Å². The highest BCUT2D eigenvalue weighted by molar-refractivity contribution is 6.08. The number of aromatic amines is 1. The Labute approximate surface area is 192 Å². The van der Waals surface area contributed by atoms with Crippen molar-refractivity contribution >= 4 is 28.8 Å². The van der Waals surface area contributed by atoms with E-state index in [0.717, 1.165) is 22.2 Å². The van der Waals surface area contributed by atoms with Crippen LogP contribution in [-0.4, -0.2) is 46.6 Å². The zero-order chi connectivity index (χ0) is 23.4. The van der Waals surface area contributed by atoms with Gasteiger partial charge in [-0.3, -0.25) is 20.0 Å². The SMILES string of the molecule is COc1ccc2c(c1)C(=O)N(C[C@@]1(c3cc4cc(-c5ccn[nH]5)ccc4o3)NC(=O)NC1=O)C2. The Morgan fingerprint density at radius 2 is 2.00 bits per heavy atom. The van der Waals surface area contributed by atoms with Gasteiger partial charge in [0.2, 0.25) is 0 Å². The molecule has 10 nitrogen and oxygen atoms in total. The molecule has 1 saturated heterocycles. The topological polar surface area (TPSA) is 130 Å². The van der Waals surface area contributed by atoms with Gasteiger partial charge in [-0.1, -0.05) is 6.07 Å². The fourth-order valence-electron chi connectivity index (χ4n) is 4.57. The summed E-state index contributed by atoms with van der Waals surface area (Å²) < 4.78 is 11.3. The number of nitrogens with zero attached hydrogens (tertiary/aromatic N) is 2. The van der Waals surface area contributed by atoms with E-state index in [1.807, 2.05) is 24.3 Å². The van der Waals surface area contributed by atoms with E-state index in [4.69, 9.17) is 9.15 Å². The second kappa shape index (κ2) is 7.20. The van der Waals surface area contributed by atoms with Crippen LogP contribution in [-0.2, 0) is 16.9 Å². The molecule has 6 rings (SSSR count). The van der Waals surface area contributed by atoms with Crippen LogP contribution in [0.2, 0.25) is 0 Å². The summed E-state index contributed by atoms with van der Waals surface area (Å²) in [5.74, 6) is -0.0126. The lowest BCUT2D eigenvalue weighted by molar-refractivity contribution is -0.125. The van der Waals surface area contributed by atoms with Crippen molar-refractivity contribution in [2.45, 2.75) is 12.1 Å². The van der Waals surface area contributed by atoms with Crippen LogP contribution in [0, 0.1) is 0 Å². The van der Waals surface area contributed by atoms with E-state index in [1.54, 1.807) is 30.5 Å². The summed E-state index contributed by atoms with van der Waals surface area (Å²) in [7, 11) is 1.53. The Kier molecular flexibility index (Phi) is 4.25. The highest BCUT2D eigenvalue weighted by atomic mass is 16.5. The van der Waals surface area contributed by atoms with Crippen LogP contribution < -0.4 is 15.4 Å². The van der Waals surface area contributed by atoms with Crippen molar-refractivity contribution in [1.82, 2.24) is 25.7 Å². The number of hydrogen-bond donors (Lipinski definition) is 3. The third-order valence-electron chi connectivity index (χ3n) is 6.31. The van der Waals surface area contributed by atoms with Gasteiger partial charge in [-0.2, -0.15) is 5.10 Å². The zero-order valence-corrected chi connectivity index (χ0v) is 18.0. The first-order valence-electron chi connectivity index (χ1n) is 10.6. The lowest BCUT2D eigenvalue weighted by atomic mass is 9.95. The maximum atomic E-state index is 13.1. The molecule has 1 fully saturated rings. The number of carbonyl (C=O) groups is 3. The van der Waals surface area contributed by atoms with Crippen molar-refractivity contribution in [3.63, 3.8) is 0 Å². The van der Waals surface area contributed by atoms with Gasteiger partial charge in [-0.25, -0.2) is 4.79 Å². The number of carbonyl (C=O) groups excluding carboxylic acids is 3. The summed E-state index contributed by atoms with van der Waals surface area (Å²) in [6.07, 6.45) is 1.66. The van der Waals surface area contributed by atoms with Gasteiger partial charge in [0.1, 0.15) is 17.1 Å². The Bertz CT molecular complexity index is 1470. The summed E-state index contributed by atoms with van der Waals surface area (Å²) in [4.78, 5) is 40.0. The Hall–Kier alpha value is -4.60. The number of methoxy groups -OCH3 is 1. The number of urea groups is 1. The molecule has 10 heteroatoms. The molecule has 0 radical (unpaired) electrons. The first kappa shape index (κ1) is 20.0. The monoisotopic (exact) mass is 457 g/mol. The van der Waals surface area contributed by atoms with E-state index < -0.39 is 17.5 Å². The molecule has 2 aromatic heterocycles. The molecule has 0 spiro atoms. The number of rotatable bonds is 5. The average Bonchev–Trinajstić information content (AvgIpc) is 3.61. The number of H-pyrrole nitrogens is 1. The normalized spacial score (nSPS) is 19.4. The van der Waals surface area contributed by atoms with E-state index >= 15 is 0 Å². The van der Waals surface area contributed by atoms with E-state index in [0.29, 0.717) is 23.4 Å². The van der Waals surface area contributed by atoms with Gasteiger partial charge in [0.15, 0.2) is 5.54 Å². The number of fused-ring (bicyclic) bond motifs is 2. The Balaban J connectivity index is 1.39. The summed E-state index contributed by atoms with van der Waals surface area (Å²) >= 11 is 0. The molecule has 2 aliphatic heterocycles. The quantitative estimate of drug-likeness (QED) is 0.395. The van der Waals surface area contributed by atoms with Gasteiger partial charge >= 0.3 is 6.03 Å². The molecular formula is C24H19N5O5. The number of aromatic nitrogens is 2. The third-order valence-corrected chi connectivity index (χ3v) is 6.31. The van der Waals surface area contributed by atoms with Crippen LogP contribution in [0.5, 0.6) is 5.75 Å². The molecule has 0 unspecified atom stereocenters. The molecular weight excluding hydrogens is 438 g/mol. The predicted molar refractivity (Wildman–Crippen MR) is 120 cm³/mol. The Morgan fingerprint density at radius 3 is 2.74 bits per heavy atom. The maximum absolute atomic E-state index is 13.1. The number of amides is 4. The number of benzene rings is 2. The van der Waals surface area contributed by atoms with Crippen LogP contribution in [0.25, 0.3) is 22.2 Å². The van der Waals surface area contributed by atoms with Gasteiger partial charge in [-0.15, -0.1) is 0 Å². The van der Waals surface area contributed by atoms with Crippen molar-refractivity contribution in [2.24, 2.45) is 0 Å². The number of imide groups is 1. The first-order valence-corrected chi connectivity index (χ1v) is 10.6. The van der Waals surface area contributed by atoms with Gasteiger partial charge in [-0.05, 0) is 48.0 Å².